The van der Waals surface area contributed by atoms with E-state index in [1.54, 1.807) is 0 Å². The van der Waals surface area contributed by atoms with Gasteiger partial charge in [0.15, 0.2) is 0 Å². The molecule has 0 aliphatic carbocycles. The molecule has 1 aliphatic heterocycles. The number of hydrogen-bond acceptors (Lipinski definition) is 2. The van der Waals surface area contributed by atoms with E-state index in [-0.39, 0.29) is 11.6 Å². The molecule has 2 unspecified atom stereocenters. The molecule has 1 heterocycles. The molecule has 0 radical (unpaired) electrons. The van der Waals surface area contributed by atoms with Gasteiger partial charge in [-0.05, 0) is 33.1 Å². The Labute approximate surface area is 74.8 Å². The molecule has 2 atom stereocenters. The zero-order valence-electron chi connectivity index (χ0n) is 8.10. The van der Waals surface area contributed by atoms with Gasteiger partial charge in [-0.25, -0.2) is 0 Å². The molecule has 0 aromatic carbocycles. The normalized spacial score (nSPS) is 31.9. The van der Waals surface area contributed by atoms with Crippen molar-refractivity contribution in [3.63, 3.8) is 0 Å². The van der Waals surface area contributed by atoms with Gasteiger partial charge in [-0.3, -0.25) is 0 Å². The summed E-state index contributed by atoms with van der Waals surface area (Å²) in [7, 11) is 0. The van der Waals surface area contributed by atoms with Crippen LogP contribution in [0.2, 0.25) is 0 Å². The number of hydrogen-bond donors (Lipinski definition) is 1. The van der Waals surface area contributed by atoms with Crippen LogP contribution >= 0.6 is 0 Å². The van der Waals surface area contributed by atoms with Gasteiger partial charge >= 0.3 is 0 Å². The second-order valence-electron chi connectivity index (χ2n) is 4.03. The average Bonchev–Trinajstić information content (AvgIpc) is 2.36. The molecule has 1 rings (SSSR count). The Kier molecular flexibility index (Phi) is 2.91. The summed E-state index contributed by atoms with van der Waals surface area (Å²) in [6.07, 6.45) is 3.10. The van der Waals surface area contributed by atoms with Crippen molar-refractivity contribution < 1.29 is 4.74 Å². The summed E-state index contributed by atoms with van der Waals surface area (Å²) in [6.45, 7) is 8.84. The quantitative estimate of drug-likeness (QED) is 0.654. The summed E-state index contributed by atoms with van der Waals surface area (Å²) in [5.41, 5.74) is 7.07. The molecular formula is C10H19NO. The van der Waals surface area contributed by atoms with Gasteiger partial charge in [0.05, 0.1) is 5.60 Å². The molecule has 70 valence electrons. The van der Waals surface area contributed by atoms with Gasteiger partial charge in [0, 0.05) is 12.6 Å². The summed E-state index contributed by atoms with van der Waals surface area (Å²) < 4.78 is 5.64. The van der Waals surface area contributed by atoms with Crippen LogP contribution in [0.15, 0.2) is 12.2 Å². The van der Waals surface area contributed by atoms with Gasteiger partial charge in [0.1, 0.15) is 0 Å². The summed E-state index contributed by atoms with van der Waals surface area (Å²) in [5.74, 6) is 0. The molecule has 2 heteroatoms. The van der Waals surface area contributed by atoms with E-state index in [0.29, 0.717) is 0 Å². The van der Waals surface area contributed by atoms with Crippen molar-refractivity contribution in [3.8, 4) is 0 Å². The van der Waals surface area contributed by atoms with E-state index in [2.05, 4.69) is 13.5 Å². The van der Waals surface area contributed by atoms with E-state index in [1.807, 2.05) is 6.92 Å². The molecule has 1 saturated heterocycles. The van der Waals surface area contributed by atoms with Crippen molar-refractivity contribution in [3.05, 3.63) is 12.2 Å². The fourth-order valence-corrected chi connectivity index (χ4v) is 1.68. The number of nitrogens with two attached hydrogens (primary N) is 1. The minimum atomic E-state index is -0.0983. The second-order valence-corrected chi connectivity index (χ2v) is 4.03. The first-order valence-electron chi connectivity index (χ1n) is 4.58. The highest BCUT2D eigenvalue weighted by atomic mass is 16.5. The lowest BCUT2D eigenvalue weighted by Gasteiger charge is -2.30. The molecule has 0 spiro atoms. The standard InChI is InChI=1S/C10H19NO/c1-8(2)7-9(11)10(3)5-4-6-12-10/h9H,1,4-7,11H2,2-3H3. The number of rotatable bonds is 3. The summed E-state index contributed by atoms with van der Waals surface area (Å²) in [4.78, 5) is 0. The predicted molar refractivity (Wildman–Crippen MR) is 51.0 cm³/mol. The highest BCUT2D eigenvalue weighted by Gasteiger charge is 2.35. The zero-order valence-corrected chi connectivity index (χ0v) is 8.10. The molecule has 2 nitrogen and oxygen atoms in total. The highest BCUT2D eigenvalue weighted by molar-refractivity contribution is 5.00. The number of ether oxygens (including phenoxy) is 1. The maximum Gasteiger partial charge on any atom is 0.0808 e. The first-order valence-corrected chi connectivity index (χ1v) is 4.58. The molecule has 2 N–H and O–H groups in total. The topological polar surface area (TPSA) is 35.2 Å². The Morgan fingerprint density at radius 3 is 2.83 bits per heavy atom. The van der Waals surface area contributed by atoms with E-state index >= 15 is 0 Å². The average molecular weight is 169 g/mol. The van der Waals surface area contributed by atoms with Gasteiger partial charge in [-0.15, -0.1) is 6.58 Å². The monoisotopic (exact) mass is 169 g/mol. The fourth-order valence-electron chi connectivity index (χ4n) is 1.68. The Balaban J connectivity index is 2.49. The van der Waals surface area contributed by atoms with Crippen LogP contribution in [0.4, 0.5) is 0 Å². The van der Waals surface area contributed by atoms with Crippen LogP contribution in [0.1, 0.15) is 33.1 Å². The van der Waals surface area contributed by atoms with Crippen LogP contribution in [0.25, 0.3) is 0 Å². The molecular weight excluding hydrogens is 150 g/mol. The summed E-state index contributed by atoms with van der Waals surface area (Å²) >= 11 is 0. The Hall–Kier alpha value is -0.340. The zero-order chi connectivity index (χ0) is 9.19. The van der Waals surface area contributed by atoms with E-state index in [4.69, 9.17) is 10.5 Å². The van der Waals surface area contributed by atoms with Gasteiger partial charge in [-0.1, -0.05) is 5.57 Å². The van der Waals surface area contributed by atoms with E-state index in [1.165, 1.54) is 0 Å². The van der Waals surface area contributed by atoms with Gasteiger partial charge in [-0.2, -0.15) is 0 Å². The third-order valence-corrected chi connectivity index (χ3v) is 2.60. The van der Waals surface area contributed by atoms with Gasteiger partial charge in [0.2, 0.25) is 0 Å². The van der Waals surface area contributed by atoms with E-state index in [9.17, 15) is 0 Å². The first kappa shape index (κ1) is 9.75. The van der Waals surface area contributed by atoms with Crippen LogP contribution in [-0.4, -0.2) is 18.2 Å². The molecule has 0 bridgehead atoms. The molecule has 0 aromatic heterocycles. The van der Waals surface area contributed by atoms with Gasteiger partial charge < -0.3 is 10.5 Å². The van der Waals surface area contributed by atoms with Crippen LogP contribution in [0.5, 0.6) is 0 Å². The lowest BCUT2D eigenvalue weighted by Crippen LogP contribution is -2.45. The summed E-state index contributed by atoms with van der Waals surface area (Å²) in [6, 6.07) is 0.109. The predicted octanol–water partition coefficient (Wildman–Crippen LogP) is 1.85. The maximum absolute atomic E-state index is 6.03. The molecule has 0 saturated carbocycles. The molecule has 1 fully saturated rings. The lowest BCUT2D eigenvalue weighted by atomic mass is 9.90. The van der Waals surface area contributed by atoms with E-state index in [0.717, 1.165) is 31.4 Å². The minimum Gasteiger partial charge on any atom is -0.374 e. The molecule has 1 aliphatic rings. The van der Waals surface area contributed by atoms with E-state index < -0.39 is 0 Å². The Morgan fingerprint density at radius 2 is 2.42 bits per heavy atom. The van der Waals surface area contributed by atoms with Crippen molar-refractivity contribution in [2.75, 3.05) is 6.61 Å². The van der Waals surface area contributed by atoms with Crippen LogP contribution in [-0.2, 0) is 4.74 Å². The van der Waals surface area contributed by atoms with Crippen LogP contribution in [0.3, 0.4) is 0 Å². The fraction of sp³-hybridized carbons (Fsp3) is 0.800. The van der Waals surface area contributed by atoms with Crippen molar-refractivity contribution in [2.45, 2.75) is 44.8 Å². The Bertz CT molecular complexity index is 171. The molecule has 0 amide bonds. The third kappa shape index (κ3) is 2.08. The molecule has 0 aromatic rings. The smallest absolute Gasteiger partial charge is 0.0808 e. The van der Waals surface area contributed by atoms with Crippen molar-refractivity contribution >= 4 is 0 Å². The van der Waals surface area contributed by atoms with Crippen molar-refractivity contribution in [1.29, 1.82) is 0 Å². The summed E-state index contributed by atoms with van der Waals surface area (Å²) in [5, 5.41) is 0. The highest BCUT2D eigenvalue weighted by Crippen LogP contribution is 2.29. The maximum atomic E-state index is 6.03. The van der Waals surface area contributed by atoms with Crippen molar-refractivity contribution in [2.24, 2.45) is 5.73 Å². The first-order chi connectivity index (χ1) is 5.54. The van der Waals surface area contributed by atoms with Gasteiger partial charge in [0.25, 0.3) is 0 Å². The second kappa shape index (κ2) is 3.58. The Morgan fingerprint density at radius 1 is 1.75 bits per heavy atom. The molecule has 12 heavy (non-hydrogen) atoms. The van der Waals surface area contributed by atoms with Crippen LogP contribution < -0.4 is 5.73 Å². The third-order valence-electron chi connectivity index (χ3n) is 2.60. The largest absolute Gasteiger partial charge is 0.374 e. The SMILES string of the molecule is C=C(C)CC(N)C1(C)CCCO1. The van der Waals surface area contributed by atoms with Crippen molar-refractivity contribution in [1.82, 2.24) is 0 Å². The lowest BCUT2D eigenvalue weighted by molar-refractivity contribution is -0.000863. The van der Waals surface area contributed by atoms with Crippen LogP contribution in [0, 0.1) is 0 Å². The minimum absolute atomic E-state index is 0.0983.